The molecule has 3 aliphatic rings. The molecule has 0 aliphatic carbocycles. The van der Waals surface area contributed by atoms with E-state index in [1.807, 2.05) is 0 Å². The minimum absolute atomic E-state index is 0.274. The fourth-order valence-corrected chi connectivity index (χ4v) is 3.76. The number of hydrogen-bond acceptors (Lipinski definition) is 8. The van der Waals surface area contributed by atoms with Gasteiger partial charge in [-0.3, -0.25) is 0 Å². The monoisotopic (exact) mass is 412 g/mol. The molecular formula is C17H24N4O6S. The number of nitrogens with zero attached hydrogens (tertiary/aromatic N) is 4. The van der Waals surface area contributed by atoms with Crippen molar-refractivity contribution in [3.05, 3.63) is 23.7 Å². The van der Waals surface area contributed by atoms with Crippen LogP contribution in [0.1, 0.15) is 25.7 Å². The van der Waals surface area contributed by atoms with Crippen LogP contribution in [0.5, 0.6) is 0 Å². The first kappa shape index (κ1) is 21.6. The number of carboxylic acids is 2. The van der Waals surface area contributed by atoms with Crippen LogP contribution < -0.4 is 0 Å². The molecule has 3 heterocycles. The van der Waals surface area contributed by atoms with Crippen molar-refractivity contribution in [3.8, 4) is 0 Å². The van der Waals surface area contributed by atoms with Gasteiger partial charge >= 0.3 is 11.9 Å². The van der Waals surface area contributed by atoms with Crippen LogP contribution >= 0.6 is 0 Å². The van der Waals surface area contributed by atoms with Crippen molar-refractivity contribution in [1.82, 2.24) is 4.90 Å². The molecule has 1 atom stereocenters. The third-order valence-electron chi connectivity index (χ3n) is 3.96. The predicted octanol–water partition coefficient (Wildman–Crippen LogP) is 1.58. The molecule has 1 unspecified atom stereocenters. The molecule has 3 aliphatic heterocycles. The van der Waals surface area contributed by atoms with E-state index in [1.54, 1.807) is 7.11 Å². The largest absolute Gasteiger partial charge is 0.488 e. The molecule has 0 aromatic carbocycles. The Morgan fingerprint density at radius 3 is 2.43 bits per heavy atom. The van der Waals surface area contributed by atoms with E-state index in [1.165, 1.54) is 0 Å². The minimum Gasteiger partial charge on any atom is -0.488 e. The first-order valence-corrected chi connectivity index (χ1v) is 10.3. The van der Waals surface area contributed by atoms with Gasteiger partial charge < -0.3 is 24.7 Å². The van der Waals surface area contributed by atoms with Crippen molar-refractivity contribution in [2.24, 2.45) is 13.9 Å². The molecule has 2 saturated heterocycles. The molecule has 28 heavy (non-hydrogen) atoms. The van der Waals surface area contributed by atoms with Gasteiger partial charge in [-0.25, -0.2) is 14.0 Å². The maximum Gasteiger partial charge on any atom is 0.328 e. The van der Waals surface area contributed by atoms with Gasteiger partial charge in [-0.05, 0) is 12.8 Å². The lowest BCUT2D eigenvalue weighted by Crippen LogP contribution is -2.36. The zero-order valence-electron chi connectivity index (χ0n) is 15.8. The summed E-state index contributed by atoms with van der Waals surface area (Å²) < 4.78 is 15.2. The zero-order valence-corrected chi connectivity index (χ0v) is 16.6. The van der Waals surface area contributed by atoms with E-state index in [0.29, 0.717) is 12.2 Å². The van der Waals surface area contributed by atoms with E-state index in [2.05, 4.69) is 20.7 Å². The molecule has 0 aromatic rings. The SMILES string of the molecule is CON=C1CCN(C2=C3OCCCC3=NS(C)=N2)CC1.O=C(O)/C=C\C(=O)O. The van der Waals surface area contributed by atoms with Crippen molar-refractivity contribution in [2.75, 3.05) is 33.1 Å². The van der Waals surface area contributed by atoms with Gasteiger partial charge in [-0.2, -0.15) is 4.36 Å². The number of rotatable bonds is 4. The Morgan fingerprint density at radius 1 is 1.21 bits per heavy atom. The highest BCUT2D eigenvalue weighted by atomic mass is 32.2. The summed E-state index contributed by atoms with van der Waals surface area (Å²) in [6, 6.07) is 0. The van der Waals surface area contributed by atoms with Crippen LogP contribution in [0.15, 0.2) is 37.6 Å². The average Bonchev–Trinajstić information content (AvgIpc) is 2.67. The molecule has 0 spiro atoms. The van der Waals surface area contributed by atoms with Gasteiger partial charge in [0.1, 0.15) is 7.11 Å². The Hall–Kier alpha value is -2.69. The molecule has 2 fully saturated rings. The number of carbonyl (C=O) groups is 2. The van der Waals surface area contributed by atoms with Gasteiger partial charge in [0.2, 0.25) is 0 Å². The number of allylic oxidation sites excluding steroid dienone is 1. The van der Waals surface area contributed by atoms with Crippen LogP contribution in [0.4, 0.5) is 0 Å². The maximum absolute atomic E-state index is 9.55. The second kappa shape index (κ2) is 10.6. The lowest BCUT2D eigenvalue weighted by molar-refractivity contribution is -0.134. The minimum atomic E-state index is -1.26. The van der Waals surface area contributed by atoms with Gasteiger partial charge in [0.25, 0.3) is 0 Å². The second-order valence-electron chi connectivity index (χ2n) is 6.02. The summed E-state index contributed by atoms with van der Waals surface area (Å²) in [5.41, 5.74) is 2.22. The number of likely N-dealkylation sites (tertiary alicyclic amines) is 1. The average molecular weight is 412 g/mol. The topological polar surface area (TPSA) is 133 Å². The summed E-state index contributed by atoms with van der Waals surface area (Å²) in [6.07, 6.45) is 7.08. The maximum atomic E-state index is 9.55. The smallest absolute Gasteiger partial charge is 0.328 e. The molecule has 0 radical (unpaired) electrons. The molecule has 3 rings (SSSR count). The van der Waals surface area contributed by atoms with E-state index in [4.69, 9.17) is 24.2 Å². The van der Waals surface area contributed by atoms with Crippen LogP contribution in [0, 0.1) is 0 Å². The first-order chi connectivity index (χ1) is 13.4. The molecule has 154 valence electrons. The molecular weight excluding hydrogens is 388 g/mol. The fraction of sp³-hybridized carbons (Fsp3) is 0.529. The quantitative estimate of drug-likeness (QED) is 0.529. The Kier molecular flexibility index (Phi) is 8.18. The number of carboxylic acid groups (broad SMARTS) is 2. The number of ether oxygens (including phenoxy) is 1. The van der Waals surface area contributed by atoms with Crippen LogP contribution in [0.25, 0.3) is 0 Å². The van der Waals surface area contributed by atoms with Gasteiger partial charge in [-0.15, -0.1) is 0 Å². The summed E-state index contributed by atoms with van der Waals surface area (Å²) in [4.78, 5) is 26.3. The van der Waals surface area contributed by atoms with Crippen molar-refractivity contribution < 1.29 is 29.4 Å². The molecule has 2 N–H and O–H groups in total. The van der Waals surface area contributed by atoms with E-state index < -0.39 is 11.9 Å². The lowest BCUT2D eigenvalue weighted by Gasteiger charge is -2.33. The molecule has 11 heteroatoms. The number of piperidine rings is 1. The van der Waals surface area contributed by atoms with E-state index in [-0.39, 0.29) is 10.9 Å². The second-order valence-corrected chi connectivity index (χ2v) is 7.28. The Balaban J connectivity index is 0.000000300. The van der Waals surface area contributed by atoms with Crippen molar-refractivity contribution in [2.45, 2.75) is 25.7 Å². The Labute approximate surface area is 165 Å². The Bertz CT molecular complexity index is 746. The number of aliphatic carboxylic acids is 2. The summed E-state index contributed by atoms with van der Waals surface area (Å²) in [6.45, 7) is 2.60. The zero-order chi connectivity index (χ0) is 20.5. The summed E-state index contributed by atoms with van der Waals surface area (Å²) in [5.74, 6) is -0.606. The van der Waals surface area contributed by atoms with Crippen LogP contribution in [-0.2, 0) is 30.0 Å². The van der Waals surface area contributed by atoms with E-state index >= 15 is 0 Å². The van der Waals surface area contributed by atoms with E-state index in [9.17, 15) is 9.59 Å². The predicted molar refractivity (Wildman–Crippen MR) is 105 cm³/mol. The molecule has 0 amide bonds. The highest BCUT2D eigenvalue weighted by Gasteiger charge is 2.28. The highest BCUT2D eigenvalue weighted by molar-refractivity contribution is 7.85. The van der Waals surface area contributed by atoms with Crippen molar-refractivity contribution in [3.63, 3.8) is 0 Å². The van der Waals surface area contributed by atoms with Gasteiger partial charge in [0.05, 0.1) is 18.0 Å². The summed E-state index contributed by atoms with van der Waals surface area (Å²) >= 11 is 0. The molecule has 10 nitrogen and oxygen atoms in total. The normalized spacial score (nSPS) is 21.5. The standard InChI is InChI=1S/C13H20N4O2S.C4H4O4/c1-18-14-10-5-7-17(8-6-10)13-12-11(4-3-9-19-12)15-20(2)16-13;5-3(6)1-2-4(7)8/h3-9H2,1-2H3;1-2H,(H,5,6)(H,7,8)/b;2-1-. The third-order valence-corrected chi connectivity index (χ3v) is 4.88. The van der Waals surface area contributed by atoms with Gasteiger partial charge in [0.15, 0.2) is 11.6 Å². The van der Waals surface area contributed by atoms with Crippen LogP contribution in [0.3, 0.4) is 0 Å². The highest BCUT2D eigenvalue weighted by Crippen LogP contribution is 2.27. The van der Waals surface area contributed by atoms with Crippen LogP contribution in [-0.4, -0.2) is 71.5 Å². The summed E-state index contributed by atoms with van der Waals surface area (Å²) in [5, 5.41) is 19.7. The van der Waals surface area contributed by atoms with Crippen molar-refractivity contribution >= 4 is 34.2 Å². The number of oxime groups is 1. The van der Waals surface area contributed by atoms with Crippen LogP contribution in [0.2, 0.25) is 0 Å². The number of hydrogen-bond donors (Lipinski definition) is 2. The van der Waals surface area contributed by atoms with E-state index in [0.717, 1.165) is 68.4 Å². The third kappa shape index (κ3) is 6.48. The lowest BCUT2D eigenvalue weighted by atomic mass is 10.1. The molecule has 0 bridgehead atoms. The Morgan fingerprint density at radius 2 is 1.86 bits per heavy atom. The molecule has 0 aromatic heterocycles. The van der Waals surface area contributed by atoms with Crippen molar-refractivity contribution in [1.29, 1.82) is 0 Å². The van der Waals surface area contributed by atoms with Gasteiger partial charge in [0, 0.05) is 55.2 Å². The molecule has 0 saturated carbocycles. The fourth-order valence-electron chi connectivity index (χ4n) is 2.78. The van der Waals surface area contributed by atoms with Gasteiger partial charge in [-0.1, -0.05) is 5.16 Å². The first-order valence-electron chi connectivity index (χ1n) is 8.71. The summed E-state index contributed by atoms with van der Waals surface area (Å²) in [7, 11) is 1.33. The number of fused-ring (bicyclic) bond motifs is 1.